The number of hydrogen-bond acceptors (Lipinski definition) is 3. The maximum absolute atomic E-state index is 13.1. The second-order valence-corrected chi connectivity index (χ2v) is 7.67. The summed E-state index contributed by atoms with van der Waals surface area (Å²) in [7, 11) is 0. The summed E-state index contributed by atoms with van der Waals surface area (Å²) in [6.45, 7) is 13.7. The molecular formula is C20H20N4O. The first-order valence-corrected chi connectivity index (χ1v) is 8.46. The van der Waals surface area contributed by atoms with Crippen LogP contribution >= 0.6 is 0 Å². The van der Waals surface area contributed by atoms with Gasteiger partial charge < -0.3 is 5.32 Å². The summed E-state index contributed by atoms with van der Waals surface area (Å²) in [6.07, 6.45) is 1.33. The predicted octanol–water partition coefficient (Wildman–Crippen LogP) is 4.47. The van der Waals surface area contributed by atoms with Crippen LogP contribution in [-0.2, 0) is 4.79 Å². The van der Waals surface area contributed by atoms with Crippen LogP contribution in [0.15, 0.2) is 35.5 Å². The lowest BCUT2D eigenvalue weighted by molar-refractivity contribution is -0.118. The minimum atomic E-state index is -0.237. The molecule has 1 aliphatic carbocycles. The molecule has 0 amide bonds. The number of nitrogens with one attached hydrogen (secondary N) is 2. The van der Waals surface area contributed by atoms with E-state index in [-0.39, 0.29) is 17.1 Å². The van der Waals surface area contributed by atoms with Crippen LogP contribution in [-0.4, -0.2) is 16.0 Å². The molecule has 2 N–H and O–H groups in total. The molecule has 5 nitrogen and oxygen atoms in total. The largest absolute Gasteiger partial charge is 0.342 e. The van der Waals surface area contributed by atoms with E-state index in [2.05, 4.69) is 34.2 Å². The van der Waals surface area contributed by atoms with Crippen LogP contribution in [0.1, 0.15) is 49.4 Å². The van der Waals surface area contributed by atoms with Crippen molar-refractivity contribution in [2.45, 2.75) is 39.5 Å². The summed E-state index contributed by atoms with van der Waals surface area (Å²) in [5, 5.41) is 10.8. The third-order valence-corrected chi connectivity index (χ3v) is 5.13. The van der Waals surface area contributed by atoms with Crippen LogP contribution in [0.5, 0.6) is 0 Å². The number of H-pyrrole nitrogens is 1. The second-order valence-electron chi connectivity index (χ2n) is 7.67. The molecule has 0 fully saturated rings. The van der Waals surface area contributed by atoms with Crippen LogP contribution in [0.4, 0.5) is 11.5 Å². The maximum atomic E-state index is 13.1. The first-order valence-electron chi connectivity index (χ1n) is 8.46. The molecule has 5 heteroatoms. The first-order chi connectivity index (χ1) is 11.9. The van der Waals surface area contributed by atoms with Crippen molar-refractivity contribution in [2.24, 2.45) is 5.41 Å². The predicted molar refractivity (Wildman–Crippen MR) is 96.5 cm³/mol. The summed E-state index contributed by atoms with van der Waals surface area (Å²) in [4.78, 5) is 16.8. The molecule has 0 saturated heterocycles. The Morgan fingerprint density at radius 1 is 1.28 bits per heavy atom. The molecule has 2 aromatic rings. The van der Waals surface area contributed by atoms with Crippen molar-refractivity contribution in [3.63, 3.8) is 0 Å². The average molecular weight is 332 g/mol. The minimum absolute atomic E-state index is 0.0738. The van der Waals surface area contributed by atoms with Crippen molar-refractivity contribution < 1.29 is 4.79 Å². The van der Waals surface area contributed by atoms with E-state index in [0.717, 1.165) is 40.3 Å². The molecule has 0 saturated carbocycles. The molecule has 1 aromatic heterocycles. The highest BCUT2D eigenvalue weighted by molar-refractivity contribution is 6.02. The minimum Gasteiger partial charge on any atom is -0.342 e. The smallest absolute Gasteiger partial charge is 0.191 e. The van der Waals surface area contributed by atoms with E-state index in [9.17, 15) is 4.79 Å². The standard InChI is InChI=1S/C20H20N4O/c1-11-16-17(12-7-5-6-8-13(12)21-4)18-14(22-19(16)24-23-11)9-20(2,3)10-15(18)25/h5-8,17H,9-10H2,1-3H3,(H2,22,23,24). The Morgan fingerprint density at radius 3 is 2.80 bits per heavy atom. The number of Topliss-reactive ketones (excluding diaryl/α,β-unsaturated/α-hetero) is 1. The third-order valence-electron chi connectivity index (χ3n) is 5.13. The van der Waals surface area contributed by atoms with Crippen LogP contribution in [0, 0.1) is 18.9 Å². The number of anilines is 1. The molecule has 2 aliphatic rings. The fourth-order valence-electron chi connectivity index (χ4n) is 4.10. The quantitative estimate of drug-likeness (QED) is 0.757. The third kappa shape index (κ3) is 2.37. The number of carbonyl (C=O) groups is 1. The number of benzene rings is 1. The highest BCUT2D eigenvalue weighted by Crippen LogP contribution is 2.50. The van der Waals surface area contributed by atoms with Crippen LogP contribution in [0.25, 0.3) is 4.85 Å². The van der Waals surface area contributed by atoms with Crippen molar-refractivity contribution in [2.75, 3.05) is 5.32 Å². The highest BCUT2D eigenvalue weighted by Gasteiger charge is 2.42. The van der Waals surface area contributed by atoms with Crippen molar-refractivity contribution >= 4 is 17.3 Å². The van der Waals surface area contributed by atoms with Gasteiger partial charge in [0.25, 0.3) is 0 Å². The maximum Gasteiger partial charge on any atom is 0.191 e. The molecule has 1 aromatic carbocycles. The van der Waals surface area contributed by atoms with Gasteiger partial charge in [0.2, 0.25) is 0 Å². The van der Waals surface area contributed by atoms with Gasteiger partial charge in [-0.05, 0) is 24.3 Å². The number of aryl methyl sites for hydroxylation is 1. The van der Waals surface area contributed by atoms with Gasteiger partial charge >= 0.3 is 0 Å². The topological polar surface area (TPSA) is 62.1 Å². The van der Waals surface area contributed by atoms with E-state index >= 15 is 0 Å². The average Bonchev–Trinajstić information content (AvgIpc) is 2.92. The van der Waals surface area contributed by atoms with Gasteiger partial charge in [0.1, 0.15) is 0 Å². The number of allylic oxidation sites excluding steroid dienone is 2. The zero-order valence-electron chi connectivity index (χ0n) is 14.6. The fraction of sp³-hybridized carbons (Fsp3) is 0.350. The van der Waals surface area contributed by atoms with Gasteiger partial charge in [0.05, 0.1) is 6.57 Å². The number of hydrogen-bond donors (Lipinski definition) is 2. The SMILES string of the molecule is [C-]#[N+]c1ccccc1C1C2=C(CC(C)(C)CC2=O)Nc2n[nH]c(C)c21. The molecule has 25 heavy (non-hydrogen) atoms. The zero-order chi connectivity index (χ0) is 17.8. The van der Waals surface area contributed by atoms with Gasteiger partial charge in [0.15, 0.2) is 17.3 Å². The summed E-state index contributed by atoms with van der Waals surface area (Å²) >= 11 is 0. The summed E-state index contributed by atoms with van der Waals surface area (Å²) in [6, 6.07) is 7.56. The van der Waals surface area contributed by atoms with Crippen molar-refractivity contribution in [3.05, 3.63) is 63.8 Å². The summed E-state index contributed by atoms with van der Waals surface area (Å²) in [5.74, 6) is 0.695. The van der Waals surface area contributed by atoms with Gasteiger partial charge in [-0.15, -0.1) is 0 Å². The number of aromatic nitrogens is 2. The molecule has 1 aliphatic heterocycles. The number of nitrogens with zero attached hydrogens (tertiary/aromatic N) is 2. The van der Waals surface area contributed by atoms with E-state index < -0.39 is 0 Å². The molecule has 1 unspecified atom stereocenters. The lowest BCUT2D eigenvalue weighted by atomic mass is 9.69. The van der Waals surface area contributed by atoms with Gasteiger partial charge in [-0.3, -0.25) is 9.89 Å². The van der Waals surface area contributed by atoms with Gasteiger partial charge in [-0.1, -0.05) is 38.1 Å². The number of carbonyl (C=O) groups excluding carboxylic acids is 1. The van der Waals surface area contributed by atoms with Gasteiger partial charge in [-0.2, -0.15) is 5.10 Å². The van der Waals surface area contributed by atoms with Crippen LogP contribution in [0.2, 0.25) is 0 Å². The molecular weight excluding hydrogens is 312 g/mol. The molecule has 0 spiro atoms. The number of ketones is 1. The van der Waals surface area contributed by atoms with E-state index in [4.69, 9.17) is 6.57 Å². The Balaban J connectivity index is 1.99. The summed E-state index contributed by atoms with van der Waals surface area (Å²) < 4.78 is 0. The lowest BCUT2D eigenvalue weighted by Gasteiger charge is -2.38. The van der Waals surface area contributed by atoms with E-state index in [1.54, 1.807) is 0 Å². The highest BCUT2D eigenvalue weighted by atomic mass is 16.1. The van der Waals surface area contributed by atoms with E-state index in [1.165, 1.54) is 0 Å². The normalized spacial score (nSPS) is 21.2. The Morgan fingerprint density at radius 2 is 2.04 bits per heavy atom. The Kier molecular flexibility index (Phi) is 3.33. The number of rotatable bonds is 1. The fourth-order valence-corrected chi connectivity index (χ4v) is 4.10. The Bertz CT molecular complexity index is 958. The second kappa shape index (κ2) is 5.32. The molecule has 0 bridgehead atoms. The molecule has 2 heterocycles. The molecule has 4 rings (SSSR count). The summed E-state index contributed by atoms with van der Waals surface area (Å²) in [5.41, 5.74) is 5.04. The Labute approximate surface area is 147 Å². The zero-order valence-corrected chi connectivity index (χ0v) is 14.6. The van der Waals surface area contributed by atoms with Crippen molar-refractivity contribution in [1.82, 2.24) is 10.2 Å². The molecule has 126 valence electrons. The Hall–Kier alpha value is -2.87. The van der Waals surface area contributed by atoms with E-state index in [1.807, 2.05) is 31.2 Å². The van der Waals surface area contributed by atoms with Crippen LogP contribution in [0.3, 0.4) is 0 Å². The number of aromatic amines is 1. The number of fused-ring (bicyclic) bond motifs is 1. The van der Waals surface area contributed by atoms with Crippen molar-refractivity contribution in [3.8, 4) is 0 Å². The van der Waals surface area contributed by atoms with Gasteiger partial charge in [0, 0.05) is 34.9 Å². The molecule has 1 atom stereocenters. The van der Waals surface area contributed by atoms with Gasteiger partial charge in [-0.25, -0.2) is 4.85 Å². The monoisotopic (exact) mass is 332 g/mol. The lowest BCUT2D eigenvalue weighted by Crippen LogP contribution is -2.33. The van der Waals surface area contributed by atoms with Crippen LogP contribution < -0.4 is 5.32 Å². The van der Waals surface area contributed by atoms with Crippen molar-refractivity contribution in [1.29, 1.82) is 0 Å². The van der Waals surface area contributed by atoms with E-state index in [0.29, 0.717) is 12.1 Å². The first kappa shape index (κ1) is 15.6. The molecule has 0 radical (unpaired) electrons. The number of para-hydroxylation sites is 1.